The molecule has 0 aromatic heterocycles. The molecule has 1 aromatic carbocycles. The van der Waals surface area contributed by atoms with Crippen LogP contribution in [0.3, 0.4) is 0 Å². The van der Waals surface area contributed by atoms with Crippen molar-refractivity contribution < 1.29 is 9.13 Å². The summed E-state index contributed by atoms with van der Waals surface area (Å²) in [7, 11) is 3.47. The lowest BCUT2D eigenvalue weighted by Gasteiger charge is -2.28. The number of likely N-dealkylation sites (tertiary alicyclic amines) is 1. The molecule has 1 heterocycles. The highest BCUT2D eigenvalue weighted by atomic mass is 19.1. The maximum atomic E-state index is 14.1. The minimum absolute atomic E-state index is 0.00641. The average Bonchev–Trinajstić information content (AvgIpc) is 2.50. The Hall–Kier alpha value is -1.13. The lowest BCUT2D eigenvalue weighted by molar-refractivity contribution is 0.217. The SMILES string of the molecule is CNC(CCN1CCCCC1)c1c(F)cccc1OC. The topological polar surface area (TPSA) is 24.5 Å². The highest BCUT2D eigenvalue weighted by Gasteiger charge is 2.20. The van der Waals surface area contributed by atoms with Crippen LogP contribution in [0, 0.1) is 5.82 Å². The van der Waals surface area contributed by atoms with E-state index in [4.69, 9.17) is 4.74 Å². The van der Waals surface area contributed by atoms with E-state index in [0.29, 0.717) is 11.3 Å². The van der Waals surface area contributed by atoms with Gasteiger partial charge in [0.2, 0.25) is 0 Å². The average molecular weight is 280 g/mol. The van der Waals surface area contributed by atoms with E-state index >= 15 is 0 Å². The fourth-order valence-corrected chi connectivity index (χ4v) is 2.96. The van der Waals surface area contributed by atoms with Crippen LogP contribution in [0.5, 0.6) is 5.75 Å². The molecule has 0 amide bonds. The van der Waals surface area contributed by atoms with Gasteiger partial charge < -0.3 is 15.0 Å². The van der Waals surface area contributed by atoms with Crippen molar-refractivity contribution in [1.29, 1.82) is 0 Å². The fraction of sp³-hybridized carbons (Fsp3) is 0.625. The number of hydrogen-bond acceptors (Lipinski definition) is 3. The normalized spacial score (nSPS) is 17.9. The Labute approximate surface area is 121 Å². The molecule has 1 aliphatic rings. The van der Waals surface area contributed by atoms with Crippen LogP contribution in [0.4, 0.5) is 4.39 Å². The summed E-state index contributed by atoms with van der Waals surface area (Å²) in [6.07, 6.45) is 4.81. The van der Waals surface area contributed by atoms with Gasteiger partial charge in [-0.1, -0.05) is 12.5 Å². The molecule has 1 atom stereocenters. The summed E-state index contributed by atoms with van der Waals surface area (Å²) in [5, 5.41) is 3.23. The van der Waals surface area contributed by atoms with Gasteiger partial charge in [-0.25, -0.2) is 4.39 Å². The number of ether oxygens (including phenoxy) is 1. The number of rotatable bonds is 6. The summed E-state index contributed by atoms with van der Waals surface area (Å²) < 4.78 is 19.4. The standard InChI is InChI=1S/C16H25FN2O/c1-18-14(9-12-19-10-4-3-5-11-19)16-13(17)7-6-8-15(16)20-2/h6-8,14,18H,3-5,9-12H2,1-2H3. The summed E-state index contributed by atoms with van der Waals surface area (Å²) in [6, 6.07) is 5.01. The van der Waals surface area contributed by atoms with E-state index in [1.54, 1.807) is 13.2 Å². The molecule has 0 aliphatic carbocycles. The van der Waals surface area contributed by atoms with Crippen LogP contribution < -0.4 is 10.1 Å². The van der Waals surface area contributed by atoms with Crippen LogP contribution in [0.2, 0.25) is 0 Å². The van der Waals surface area contributed by atoms with E-state index in [2.05, 4.69) is 10.2 Å². The van der Waals surface area contributed by atoms with Crippen LogP contribution in [0.1, 0.15) is 37.3 Å². The molecule has 3 nitrogen and oxygen atoms in total. The third kappa shape index (κ3) is 3.70. The molecular formula is C16H25FN2O. The zero-order chi connectivity index (χ0) is 14.4. The molecule has 1 fully saturated rings. The second-order valence-electron chi connectivity index (χ2n) is 5.39. The molecule has 0 radical (unpaired) electrons. The lowest BCUT2D eigenvalue weighted by atomic mass is 10.0. The van der Waals surface area contributed by atoms with Crippen molar-refractivity contribution in [1.82, 2.24) is 10.2 Å². The molecule has 1 aromatic rings. The lowest BCUT2D eigenvalue weighted by Crippen LogP contribution is -2.33. The first-order chi connectivity index (χ1) is 9.76. The van der Waals surface area contributed by atoms with Crippen LogP contribution in [-0.2, 0) is 0 Å². The highest BCUT2D eigenvalue weighted by Crippen LogP contribution is 2.30. The molecule has 2 rings (SSSR count). The molecule has 1 unspecified atom stereocenters. The largest absolute Gasteiger partial charge is 0.496 e. The maximum Gasteiger partial charge on any atom is 0.131 e. The summed E-state index contributed by atoms with van der Waals surface area (Å²) in [6.45, 7) is 3.35. The van der Waals surface area contributed by atoms with Crippen molar-refractivity contribution in [2.45, 2.75) is 31.7 Å². The Morgan fingerprint density at radius 3 is 2.70 bits per heavy atom. The van der Waals surface area contributed by atoms with E-state index in [9.17, 15) is 4.39 Å². The minimum Gasteiger partial charge on any atom is -0.496 e. The number of halogens is 1. The molecule has 20 heavy (non-hydrogen) atoms. The van der Waals surface area contributed by atoms with Gasteiger partial charge in [-0.05, 0) is 58.1 Å². The predicted octanol–water partition coefficient (Wildman–Crippen LogP) is 2.97. The molecule has 1 N–H and O–H groups in total. The molecule has 112 valence electrons. The Bertz CT molecular complexity index is 419. The summed E-state index contributed by atoms with van der Waals surface area (Å²) in [4.78, 5) is 2.47. The van der Waals surface area contributed by atoms with Gasteiger partial charge in [-0.3, -0.25) is 0 Å². The van der Waals surface area contributed by atoms with Crippen molar-refractivity contribution in [3.05, 3.63) is 29.6 Å². The second kappa shape index (κ2) is 7.60. The van der Waals surface area contributed by atoms with Crippen molar-refractivity contribution in [3.8, 4) is 5.75 Å². The molecule has 0 saturated carbocycles. The maximum absolute atomic E-state index is 14.1. The predicted molar refractivity (Wildman–Crippen MR) is 79.7 cm³/mol. The van der Waals surface area contributed by atoms with Crippen molar-refractivity contribution in [2.24, 2.45) is 0 Å². The van der Waals surface area contributed by atoms with E-state index < -0.39 is 0 Å². The van der Waals surface area contributed by atoms with Crippen LogP contribution in [-0.4, -0.2) is 38.7 Å². The molecule has 4 heteroatoms. The Balaban J connectivity index is 2.04. The van der Waals surface area contributed by atoms with E-state index in [0.717, 1.165) is 13.0 Å². The summed E-state index contributed by atoms with van der Waals surface area (Å²) >= 11 is 0. The smallest absolute Gasteiger partial charge is 0.131 e. The third-order valence-corrected chi connectivity index (χ3v) is 4.11. The van der Waals surface area contributed by atoms with Gasteiger partial charge in [-0.2, -0.15) is 0 Å². The van der Waals surface area contributed by atoms with Gasteiger partial charge in [0.25, 0.3) is 0 Å². The quantitative estimate of drug-likeness (QED) is 0.867. The number of hydrogen-bond donors (Lipinski definition) is 1. The number of piperidine rings is 1. The van der Waals surface area contributed by atoms with Gasteiger partial charge in [0.05, 0.1) is 7.11 Å². The van der Waals surface area contributed by atoms with Crippen molar-refractivity contribution in [2.75, 3.05) is 33.8 Å². The van der Waals surface area contributed by atoms with Crippen LogP contribution in [0.15, 0.2) is 18.2 Å². The molecule has 0 spiro atoms. The monoisotopic (exact) mass is 280 g/mol. The van der Waals surface area contributed by atoms with Gasteiger partial charge in [0, 0.05) is 11.6 Å². The van der Waals surface area contributed by atoms with E-state index in [-0.39, 0.29) is 11.9 Å². The Kier molecular flexibility index (Phi) is 5.80. The Morgan fingerprint density at radius 2 is 2.05 bits per heavy atom. The zero-order valence-corrected chi connectivity index (χ0v) is 12.5. The zero-order valence-electron chi connectivity index (χ0n) is 12.5. The number of methoxy groups -OCH3 is 1. The summed E-state index contributed by atoms with van der Waals surface area (Å²) in [5.74, 6) is 0.435. The number of nitrogens with zero attached hydrogens (tertiary/aromatic N) is 1. The van der Waals surface area contributed by atoms with E-state index in [1.165, 1.54) is 38.4 Å². The van der Waals surface area contributed by atoms with Crippen LogP contribution >= 0.6 is 0 Å². The van der Waals surface area contributed by atoms with Gasteiger partial charge in [-0.15, -0.1) is 0 Å². The van der Waals surface area contributed by atoms with E-state index in [1.807, 2.05) is 13.1 Å². The van der Waals surface area contributed by atoms with Crippen LogP contribution in [0.25, 0.3) is 0 Å². The van der Waals surface area contributed by atoms with Gasteiger partial charge in [0.15, 0.2) is 0 Å². The van der Waals surface area contributed by atoms with Gasteiger partial charge in [0.1, 0.15) is 11.6 Å². The molecule has 0 bridgehead atoms. The van der Waals surface area contributed by atoms with Gasteiger partial charge >= 0.3 is 0 Å². The molecule has 1 aliphatic heterocycles. The first-order valence-electron chi connectivity index (χ1n) is 7.48. The highest BCUT2D eigenvalue weighted by molar-refractivity contribution is 5.37. The third-order valence-electron chi connectivity index (χ3n) is 4.11. The first-order valence-corrected chi connectivity index (χ1v) is 7.48. The number of nitrogens with one attached hydrogen (secondary N) is 1. The number of benzene rings is 1. The Morgan fingerprint density at radius 1 is 1.30 bits per heavy atom. The van der Waals surface area contributed by atoms with Crippen molar-refractivity contribution >= 4 is 0 Å². The molecular weight excluding hydrogens is 255 g/mol. The second-order valence-corrected chi connectivity index (χ2v) is 5.39. The molecule has 1 saturated heterocycles. The summed E-state index contributed by atoms with van der Waals surface area (Å²) in [5.41, 5.74) is 0.648. The van der Waals surface area contributed by atoms with Crippen molar-refractivity contribution in [3.63, 3.8) is 0 Å². The first kappa shape index (κ1) is 15.3. The fourth-order valence-electron chi connectivity index (χ4n) is 2.96. The minimum atomic E-state index is -0.192.